The van der Waals surface area contributed by atoms with Gasteiger partial charge in [0.2, 0.25) is 0 Å². The van der Waals surface area contributed by atoms with Gasteiger partial charge in [-0.1, -0.05) is 306 Å². The molecular weight excluding hydrogens is 1200 g/mol. The molecule has 0 rings (SSSR count). The summed E-state index contributed by atoms with van der Waals surface area (Å²) in [5.41, 5.74) is 0. The number of phosphoric acid groups is 2. The minimum absolute atomic E-state index is 0.101. The predicted octanol–water partition coefficient (Wildman–Crippen LogP) is 20.5. The average molecular weight is 1340 g/mol. The summed E-state index contributed by atoms with van der Waals surface area (Å²) in [5.74, 6) is 0.881. The van der Waals surface area contributed by atoms with Crippen LogP contribution in [-0.2, 0) is 65.4 Å². The fourth-order valence-corrected chi connectivity index (χ4v) is 12.4. The van der Waals surface area contributed by atoms with Gasteiger partial charge in [-0.25, -0.2) is 9.13 Å². The molecule has 0 aromatic carbocycles. The van der Waals surface area contributed by atoms with E-state index in [0.29, 0.717) is 31.6 Å². The van der Waals surface area contributed by atoms with Gasteiger partial charge in [0.25, 0.3) is 0 Å². The number of ether oxygens (including phenoxy) is 4. The summed E-state index contributed by atoms with van der Waals surface area (Å²) in [6, 6.07) is 0. The van der Waals surface area contributed by atoms with E-state index in [2.05, 4.69) is 55.4 Å². The van der Waals surface area contributed by atoms with Crippen molar-refractivity contribution in [2.75, 3.05) is 39.6 Å². The van der Waals surface area contributed by atoms with Crippen molar-refractivity contribution >= 4 is 39.5 Å². The third kappa shape index (κ3) is 63.9. The Balaban J connectivity index is 5.20. The summed E-state index contributed by atoms with van der Waals surface area (Å²) in [6.07, 6.45) is 44.6. The van der Waals surface area contributed by atoms with Gasteiger partial charge in [0.1, 0.15) is 19.3 Å². The molecular formula is C72H140O17P2. The molecule has 0 spiro atoms. The van der Waals surface area contributed by atoms with Gasteiger partial charge in [0.05, 0.1) is 26.4 Å². The van der Waals surface area contributed by atoms with Crippen LogP contribution in [0.1, 0.15) is 357 Å². The number of hydrogen-bond donors (Lipinski definition) is 3. The zero-order chi connectivity index (χ0) is 67.5. The molecule has 17 nitrogen and oxygen atoms in total. The Morgan fingerprint density at radius 2 is 0.527 bits per heavy atom. The Labute approximate surface area is 556 Å². The number of rotatable bonds is 69. The van der Waals surface area contributed by atoms with Gasteiger partial charge in [0, 0.05) is 25.7 Å². The van der Waals surface area contributed by atoms with Crippen molar-refractivity contribution in [2.45, 2.75) is 375 Å². The maximum absolute atomic E-state index is 13.0. The van der Waals surface area contributed by atoms with Gasteiger partial charge in [-0.15, -0.1) is 0 Å². The maximum Gasteiger partial charge on any atom is 0.472 e. The summed E-state index contributed by atoms with van der Waals surface area (Å²) in [7, 11) is -9.90. The monoisotopic (exact) mass is 1340 g/mol. The Kier molecular flexibility index (Phi) is 60.3. The molecule has 19 heteroatoms. The van der Waals surface area contributed by atoms with Crippen LogP contribution in [0.3, 0.4) is 0 Å². The Morgan fingerprint density at radius 3 is 0.780 bits per heavy atom. The zero-order valence-corrected chi connectivity index (χ0v) is 61.3. The second kappa shape index (κ2) is 61.6. The van der Waals surface area contributed by atoms with Gasteiger partial charge in [-0.3, -0.25) is 37.3 Å². The van der Waals surface area contributed by atoms with Crippen molar-refractivity contribution in [3.05, 3.63) is 0 Å². The number of aliphatic hydroxyl groups excluding tert-OH is 1. The van der Waals surface area contributed by atoms with E-state index in [4.69, 9.17) is 37.0 Å². The molecule has 0 aromatic heterocycles. The lowest BCUT2D eigenvalue weighted by Crippen LogP contribution is -2.30. The highest BCUT2D eigenvalue weighted by molar-refractivity contribution is 7.47. The fraction of sp³-hybridized carbons (Fsp3) is 0.944. The van der Waals surface area contributed by atoms with E-state index < -0.39 is 97.5 Å². The minimum atomic E-state index is -4.95. The molecule has 0 aliphatic heterocycles. The van der Waals surface area contributed by atoms with Crippen molar-refractivity contribution in [1.82, 2.24) is 0 Å². The van der Waals surface area contributed by atoms with E-state index in [1.54, 1.807) is 0 Å². The molecule has 0 heterocycles. The molecule has 0 saturated heterocycles. The molecule has 4 unspecified atom stereocenters. The van der Waals surface area contributed by atoms with Crippen molar-refractivity contribution < 1.29 is 80.2 Å². The van der Waals surface area contributed by atoms with E-state index in [-0.39, 0.29) is 25.7 Å². The van der Waals surface area contributed by atoms with E-state index in [9.17, 15) is 43.2 Å². The molecule has 0 amide bonds. The lowest BCUT2D eigenvalue weighted by Gasteiger charge is -2.21. The van der Waals surface area contributed by atoms with E-state index in [0.717, 1.165) is 114 Å². The minimum Gasteiger partial charge on any atom is -0.462 e. The van der Waals surface area contributed by atoms with Crippen LogP contribution < -0.4 is 0 Å². The molecule has 7 atom stereocenters. The number of esters is 4. The molecule has 0 aliphatic carbocycles. The third-order valence-corrected chi connectivity index (χ3v) is 19.2. The van der Waals surface area contributed by atoms with Crippen LogP contribution in [0.15, 0.2) is 0 Å². The van der Waals surface area contributed by atoms with Gasteiger partial charge >= 0.3 is 39.5 Å². The highest BCUT2D eigenvalue weighted by Crippen LogP contribution is 2.45. The maximum atomic E-state index is 13.0. The number of hydrogen-bond acceptors (Lipinski definition) is 15. The van der Waals surface area contributed by atoms with E-state index in [1.165, 1.54) is 154 Å². The summed E-state index contributed by atoms with van der Waals surface area (Å²) in [6.45, 7) is 14.1. The number of unbranched alkanes of at least 4 members (excludes halogenated alkanes) is 33. The molecule has 0 aromatic rings. The summed E-state index contributed by atoms with van der Waals surface area (Å²) in [4.78, 5) is 72.6. The smallest absolute Gasteiger partial charge is 0.462 e. The highest BCUT2D eigenvalue weighted by atomic mass is 31.2. The van der Waals surface area contributed by atoms with Gasteiger partial charge in [-0.2, -0.15) is 0 Å². The Bertz CT molecular complexity index is 1800. The second-order valence-corrected chi connectivity index (χ2v) is 30.3. The van der Waals surface area contributed by atoms with Crippen molar-refractivity contribution in [3.63, 3.8) is 0 Å². The largest absolute Gasteiger partial charge is 0.472 e. The normalized spacial score (nSPS) is 14.8. The second-order valence-electron chi connectivity index (χ2n) is 27.4. The number of carbonyl (C=O) groups is 4. The number of aliphatic hydroxyl groups is 1. The van der Waals surface area contributed by atoms with Crippen LogP contribution in [0, 0.1) is 23.7 Å². The predicted molar refractivity (Wildman–Crippen MR) is 367 cm³/mol. The van der Waals surface area contributed by atoms with Gasteiger partial charge in [0.15, 0.2) is 12.2 Å². The van der Waals surface area contributed by atoms with Crippen LogP contribution in [0.2, 0.25) is 0 Å². The molecule has 540 valence electrons. The SMILES string of the molecule is CCC(C)CCCCCCCCCCCCC(=O)OC[C@H](COP(=O)(O)OC[C@@H](O)COP(=O)(O)OC[C@@H](COC(=O)CCCCCCCCC(C)CC)OC(=O)CCCCCCCCCCCCCCCCCC(C)C)OC(=O)CCCCCCCCC(C)C. The zero-order valence-electron chi connectivity index (χ0n) is 59.5. The van der Waals surface area contributed by atoms with E-state index in [1.807, 2.05) is 0 Å². The van der Waals surface area contributed by atoms with Crippen molar-refractivity contribution in [1.29, 1.82) is 0 Å². The Hall–Kier alpha value is -1.94. The lowest BCUT2D eigenvalue weighted by molar-refractivity contribution is -0.161. The first-order valence-electron chi connectivity index (χ1n) is 37.3. The molecule has 0 aliphatic rings. The molecule has 0 bridgehead atoms. The van der Waals surface area contributed by atoms with Crippen LogP contribution in [0.4, 0.5) is 0 Å². The third-order valence-electron chi connectivity index (χ3n) is 17.3. The average Bonchev–Trinajstić information content (AvgIpc) is 3.13. The topological polar surface area (TPSA) is 237 Å². The molecule has 91 heavy (non-hydrogen) atoms. The molecule has 0 saturated carbocycles. The quantitative estimate of drug-likeness (QED) is 0.0222. The van der Waals surface area contributed by atoms with Crippen molar-refractivity contribution in [3.8, 4) is 0 Å². The van der Waals surface area contributed by atoms with Crippen LogP contribution in [0.25, 0.3) is 0 Å². The highest BCUT2D eigenvalue weighted by Gasteiger charge is 2.30. The van der Waals surface area contributed by atoms with E-state index >= 15 is 0 Å². The summed E-state index contributed by atoms with van der Waals surface area (Å²) in [5, 5.41) is 10.6. The first kappa shape index (κ1) is 89.1. The standard InChI is InChI=1S/C72H140O17P2/c1-9-64(7)50-42-34-25-21-18-19-22-26-36-44-52-69(74)82-58-68(89-72(77)55-47-39-30-28-33-41-49-63(5)6)61-87-91(80,81)85-57-66(73)56-84-90(78,79)86-60-67(59-83-70(75)53-45-37-31-29-35-43-51-65(8)10-2)88-71(76)54-46-38-27-23-17-15-13-11-12-14-16-20-24-32-40-48-62(3)4/h62-68,73H,9-61H2,1-8H3,(H,78,79)(H,80,81)/t64?,65?,66-,67+,68+/m0/s1. The Morgan fingerprint density at radius 1 is 0.308 bits per heavy atom. The van der Waals surface area contributed by atoms with Crippen LogP contribution >= 0.6 is 15.6 Å². The number of phosphoric ester groups is 2. The van der Waals surface area contributed by atoms with Crippen LogP contribution in [-0.4, -0.2) is 96.7 Å². The first-order chi connectivity index (χ1) is 43.7. The van der Waals surface area contributed by atoms with Gasteiger partial charge < -0.3 is 33.8 Å². The molecule has 3 N–H and O–H groups in total. The summed E-state index contributed by atoms with van der Waals surface area (Å²) < 4.78 is 68.3. The number of carbonyl (C=O) groups excluding carboxylic acids is 4. The van der Waals surface area contributed by atoms with Gasteiger partial charge in [-0.05, 0) is 49.4 Å². The fourth-order valence-electron chi connectivity index (χ4n) is 10.8. The lowest BCUT2D eigenvalue weighted by atomic mass is 9.99. The molecule has 0 radical (unpaired) electrons. The van der Waals surface area contributed by atoms with Crippen LogP contribution in [0.5, 0.6) is 0 Å². The summed E-state index contributed by atoms with van der Waals surface area (Å²) >= 11 is 0. The van der Waals surface area contributed by atoms with Crippen molar-refractivity contribution in [2.24, 2.45) is 23.7 Å². The molecule has 0 fully saturated rings. The first-order valence-corrected chi connectivity index (χ1v) is 40.3.